The van der Waals surface area contributed by atoms with Crippen LogP contribution in [0.15, 0.2) is 0 Å². The number of nitrogens with zero attached hydrogens (tertiary/aromatic N) is 1. The topological polar surface area (TPSA) is 26.1 Å². The first kappa shape index (κ1) is 16.6. The second kappa shape index (κ2) is 9.65. The normalized spacial score (nSPS) is 24.1. The molecule has 1 heterocycles. The van der Waals surface area contributed by atoms with E-state index in [2.05, 4.69) is 10.6 Å². The predicted molar refractivity (Wildman–Crippen MR) is 66.2 cm³/mol. The van der Waals surface area contributed by atoms with E-state index in [9.17, 15) is 0 Å². The Kier molecular flexibility index (Phi) is 10.7. The van der Waals surface area contributed by atoms with Gasteiger partial charge in [-0.1, -0.05) is 45.3 Å². The van der Waals surface area contributed by atoms with Crippen LogP contribution in [-0.4, -0.2) is 30.0 Å². The SMILES string of the molecule is CC.S=C1CCNC1CC[N-]C1CC1.[K+]. The van der Waals surface area contributed by atoms with Crippen molar-refractivity contribution in [3.63, 3.8) is 0 Å². The molecule has 0 bridgehead atoms. The van der Waals surface area contributed by atoms with Gasteiger partial charge in [-0.05, 0) is 6.42 Å². The fourth-order valence-corrected chi connectivity index (χ4v) is 1.87. The number of nitrogens with one attached hydrogen (secondary N) is 1. The molecule has 1 saturated heterocycles. The van der Waals surface area contributed by atoms with E-state index in [-0.39, 0.29) is 51.4 Å². The number of hydrogen-bond donors (Lipinski definition) is 1. The second-order valence-corrected chi connectivity index (χ2v) is 4.17. The van der Waals surface area contributed by atoms with Crippen LogP contribution in [0.25, 0.3) is 5.32 Å². The van der Waals surface area contributed by atoms with Gasteiger partial charge in [-0.3, -0.25) is 0 Å². The first-order chi connectivity index (χ1) is 6.86. The molecule has 0 radical (unpaired) electrons. The van der Waals surface area contributed by atoms with Gasteiger partial charge in [0.05, 0.1) is 0 Å². The van der Waals surface area contributed by atoms with E-state index in [1.165, 1.54) is 17.7 Å². The van der Waals surface area contributed by atoms with Crippen molar-refractivity contribution < 1.29 is 51.4 Å². The van der Waals surface area contributed by atoms with Gasteiger partial charge in [-0.15, -0.1) is 12.6 Å². The van der Waals surface area contributed by atoms with Gasteiger partial charge in [0, 0.05) is 17.5 Å². The van der Waals surface area contributed by atoms with Gasteiger partial charge in [-0.25, -0.2) is 0 Å². The van der Waals surface area contributed by atoms with Crippen molar-refractivity contribution in [1.29, 1.82) is 0 Å². The van der Waals surface area contributed by atoms with Gasteiger partial charge >= 0.3 is 51.4 Å². The van der Waals surface area contributed by atoms with Gasteiger partial charge < -0.3 is 10.6 Å². The number of thiocarbonyl (C=S) groups is 1. The maximum atomic E-state index is 5.23. The van der Waals surface area contributed by atoms with Gasteiger partial charge in [0.25, 0.3) is 0 Å². The average Bonchev–Trinajstić information content (AvgIpc) is 2.95. The van der Waals surface area contributed by atoms with E-state index in [1.54, 1.807) is 0 Å². The Morgan fingerprint density at radius 3 is 2.53 bits per heavy atom. The third-order valence-electron chi connectivity index (χ3n) is 2.50. The quantitative estimate of drug-likeness (QED) is 0.548. The molecule has 1 unspecified atom stereocenters. The maximum Gasteiger partial charge on any atom is 1.00 e. The van der Waals surface area contributed by atoms with Crippen LogP contribution in [-0.2, 0) is 0 Å². The summed E-state index contributed by atoms with van der Waals surface area (Å²) in [5.74, 6) is 0. The van der Waals surface area contributed by atoms with Crippen molar-refractivity contribution in [2.75, 3.05) is 13.1 Å². The van der Waals surface area contributed by atoms with Crippen LogP contribution >= 0.6 is 12.2 Å². The molecule has 1 N–H and O–H groups in total. The molecule has 0 aromatic rings. The molecule has 1 aliphatic heterocycles. The third kappa shape index (κ3) is 6.84. The van der Waals surface area contributed by atoms with E-state index in [4.69, 9.17) is 12.2 Å². The molecule has 4 heteroatoms. The van der Waals surface area contributed by atoms with E-state index >= 15 is 0 Å². The number of hydrogen-bond acceptors (Lipinski definition) is 2. The monoisotopic (exact) mass is 252 g/mol. The average molecular weight is 252 g/mol. The molecule has 0 aromatic carbocycles. The minimum atomic E-state index is 0. The summed E-state index contributed by atoms with van der Waals surface area (Å²) in [6, 6.07) is 1.20. The Bertz CT molecular complexity index is 183. The molecule has 82 valence electrons. The Balaban J connectivity index is 0.000000617. The first-order valence-electron chi connectivity index (χ1n) is 5.79. The van der Waals surface area contributed by atoms with Crippen LogP contribution in [0.3, 0.4) is 0 Å². The molecule has 1 atom stereocenters. The van der Waals surface area contributed by atoms with Crippen LogP contribution < -0.4 is 56.7 Å². The smallest absolute Gasteiger partial charge is 0.659 e. The number of rotatable bonds is 4. The van der Waals surface area contributed by atoms with Crippen LogP contribution in [0.2, 0.25) is 0 Å². The molecule has 1 saturated carbocycles. The molecule has 2 aliphatic rings. The van der Waals surface area contributed by atoms with Crippen molar-refractivity contribution in [3.8, 4) is 0 Å². The van der Waals surface area contributed by atoms with Crippen LogP contribution in [0.1, 0.15) is 39.5 Å². The Morgan fingerprint density at radius 2 is 2.07 bits per heavy atom. The molecule has 2 fully saturated rings. The predicted octanol–water partition coefficient (Wildman–Crippen LogP) is -0.325. The van der Waals surface area contributed by atoms with E-state index in [1.807, 2.05) is 13.8 Å². The van der Waals surface area contributed by atoms with Crippen LogP contribution in [0.4, 0.5) is 0 Å². The van der Waals surface area contributed by atoms with Crippen molar-refractivity contribution in [2.45, 2.75) is 51.6 Å². The zero-order valence-corrected chi connectivity index (χ0v) is 14.2. The molecular formula is C11H21KN2S. The zero-order chi connectivity index (χ0) is 10.4. The summed E-state index contributed by atoms with van der Waals surface area (Å²) >= 11 is 5.23. The van der Waals surface area contributed by atoms with Crippen LogP contribution in [0, 0.1) is 0 Å². The summed E-state index contributed by atoms with van der Waals surface area (Å²) in [6.07, 6.45) is 4.85. The van der Waals surface area contributed by atoms with Gasteiger partial charge in [-0.2, -0.15) is 0 Å². The van der Waals surface area contributed by atoms with E-state index < -0.39 is 0 Å². The standard InChI is InChI=1S/C9H15N2S.C2H6.K/c12-9-4-6-11-8(9)3-5-10-7-1-2-7;1-2;/h7-8,11H,1-6H2;1-2H3;/q-1;;+1. The minimum absolute atomic E-state index is 0. The fourth-order valence-electron chi connectivity index (χ4n) is 1.56. The molecule has 15 heavy (non-hydrogen) atoms. The fraction of sp³-hybridized carbons (Fsp3) is 0.909. The van der Waals surface area contributed by atoms with Crippen molar-refractivity contribution in [3.05, 3.63) is 5.32 Å². The van der Waals surface area contributed by atoms with Crippen LogP contribution in [0.5, 0.6) is 0 Å². The van der Waals surface area contributed by atoms with E-state index in [0.717, 1.165) is 25.9 Å². The molecule has 1 aliphatic carbocycles. The molecular weight excluding hydrogens is 231 g/mol. The Labute approximate surface area is 142 Å². The summed E-state index contributed by atoms with van der Waals surface area (Å²) in [5.41, 5.74) is 0. The van der Waals surface area contributed by atoms with Crippen molar-refractivity contribution in [2.24, 2.45) is 0 Å². The second-order valence-electron chi connectivity index (χ2n) is 3.65. The first-order valence-corrected chi connectivity index (χ1v) is 6.20. The summed E-state index contributed by atoms with van der Waals surface area (Å²) < 4.78 is 0. The summed E-state index contributed by atoms with van der Waals surface area (Å²) in [7, 11) is 0. The van der Waals surface area contributed by atoms with Crippen molar-refractivity contribution >= 4 is 17.1 Å². The van der Waals surface area contributed by atoms with Gasteiger partial charge in [0.1, 0.15) is 0 Å². The van der Waals surface area contributed by atoms with Gasteiger partial charge in [0.2, 0.25) is 0 Å². The summed E-state index contributed by atoms with van der Waals surface area (Å²) in [6.45, 7) is 6.08. The van der Waals surface area contributed by atoms with Crippen molar-refractivity contribution in [1.82, 2.24) is 5.32 Å². The molecule has 2 rings (SSSR count). The Hall–Kier alpha value is 1.65. The maximum absolute atomic E-state index is 5.23. The Morgan fingerprint density at radius 1 is 1.40 bits per heavy atom. The minimum Gasteiger partial charge on any atom is -0.659 e. The van der Waals surface area contributed by atoms with E-state index in [0.29, 0.717) is 12.1 Å². The summed E-state index contributed by atoms with van der Waals surface area (Å²) in [4.78, 5) is 1.21. The zero-order valence-electron chi connectivity index (χ0n) is 10.3. The third-order valence-corrected chi connectivity index (χ3v) is 2.99. The summed E-state index contributed by atoms with van der Waals surface area (Å²) in [5, 5.41) is 7.93. The molecule has 0 aromatic heterocycles. The van der Waals surface area contributed by atoms with Gasteiger partial charge in [0.15, 0.2) is 0 Å². The largest absolute Gasteiger partial charge is 1.00 e. The molecule has 0 amide bonds. The molecule has 2 nitrogen and oxygen atoms in total. The molecule has 0 spiro atoms.